The first kappa shape index (κ1) is 15.5. The van der Waals surface area contributed by atoms with Gasteiger partial charge in [-0.3, -0.25) is 9.59 Å². The first-order valence-electron chi connectivity index (χ1n) is 7.80. The van der Waals surface area contributed by atoms with Crippen LogP contribution < -0.4 is 11.1 Å². The Labute approximate surface area is 126 Å². The normalized spacial score (nSPS) is 17.1. The highest BCUT2D eigenvalue weighted by Crippen LogP contribution is 2.23. The summed E-state index contributed by atoms with van der Waals surface area (Å²) in [4.78, 5) is 23.8. The van der Waals surface area contributed by atoms with Crippen LogP contribution >= 0.6 is 0 Å². The Balaban J connectivity index is 1.86. The minimum absolute atomic E-state index is 0.00781. The van der Waals surface area contributed by atoms with E-state index in [1.165, 1.54) is 6.42 Å². The molecule has 4 heteroatoms. The Morgan fingerprint density at radius 2 is 1.81 bits per heavy atom. The highest BCUT2D eigenvalue weighted by Gasteiger charge is 2.25. The lowest BCUT2D eigenvalue weighted by Gasteiger charge is -2.23. The van der Waals surface area contributed by atoms with E-state index in [0.29, 0.717) is 6.42 Å². The molecule has 0 heterocycles. The molecule has 0 saturated heterocycles. The summed E-state index contributed by atoms with van der Waals surface area (Å²) >= 11 is 0. The van der Waals surface area contributed by atoms with Crippen LogP contribution in [-0.2, 0) is 16.0 Å². The summed E-state index contributed by atoms with van der Waals surface area (Å²) in [5, 5.41) is 2.84. The van der Waals surface area contributed by atoms with E-state index in [4.69, 9.17) is 5.73 Å². The van der Waals surface area contributed by atoms with E-state index in [9.17, 15) is 9.59 Å². The largest absolute Gasteiger partial charge is 0.368 e. The molecule has 21 heavy (non-hydrogen) atoms. The molecule has 1 saturated carbocycles. The lowest BCUT2D eigenvalue weighted by atomic mass is 9.88. The second-order valence-corrected chi connectivity index (χ2v) is 5.82. The summed E-state index contributed by atoms with van der Waals surface area (Å²) in [6.45, 7) is 0. The number of benzene rings is 1. The van der Waals surface area contributed by atoms with Crippen LogP contribution in [0.25, 0.3) is 0 Å². The number of nitrogens with two attached hydrogens (primary N) is 1. The standard InChI is InChI=1S/C17H24N2O2/c18-16(20)15(12-11-13-7-3-1-4-8-13)19-17(21)14-9-5-2-6-10-14/h1,3-4,7-8,14-15H,2,5-6,9-12H2,(H2,18,20)(H,19,21)/t15-/m1/s1. The van der Waals surface area contributed by atoms with E-state index in [2.05, 4.69) is 5.32 Å². The maximum Gasteiger partial charge on any atom is 0.240 e. The third-order valence-electron chi connectivity index (χ3n) is 4.20. The van der Waals surface area contributed by atoms with Crippen molar-refractivity contribution in [3.8, 4) is 0 Å². The maximum atomic E-state index is 12.2. The number of carbonyl (C=O) groups is 2. The van der Waals surface area contributed by atoms with Crippen LogP contribution in [0.15, 0.2) is 30.3 Å². The van der Waals surface area contributed by atoms with Crippen LogP contribution in [0, 0.1) is 5.92 Å². The SMILES string of the molecule is NC(=O)[C@@H](CCc1ccccc1)NC(=O)C1CCCCC1. The number of primary amides is 1. The maximum absolute atomic E-state index is 12.2. The third kappa shape index (κ3) is 4.88. The second-order valence-electron chi connectivity index (χ2n) is 5.82. The number of carbonyl (C=O) groups excluding carboxylic acids is 2. The summed E-state index contributed by atoms with van der Waals surface area (Å²) in [5.74, 6) is -0.404. The molecule has 1 aromatic carbocycles. The number of amides is 2. The van der Waals surface area contributed by atoms with Gasteiger partial charge in [0.1, 0.15) is 6.04 Å². The van der Waals surface area contributed by atoms with E-state index in [-0.39, 0.29) is 11.8 Å². The Bertz CT molecular complexity index is 467. The van der Waals surface area contributed by atoms with Crippen molar-refractivity contribution in [1.82, 2.24) is 5.32 Å². The zero-order valence-corrected chi connectivity index (χ0v) is 12.4. The molecule has 4 nitrogen and oxygen atoms in total. The van der Waals surface area contributed by atoms with Gasteiger partial charge in [-0.1, -0.05) is 49.6 Å². The lowest BCUT2D eigenvalue weighted by molar-refractivity contribution is -0.130. The lowest BCUT2D eigenvalue weighted by Crippen LogP contribution is -2.47. The van der Waals surface area contributed by atoms with Gasteiger partial charge in [0.2, 0.25) is 11.8 Å². The molecule has 114 valence electrons. The van der Waals surface area contributed by atoms with Crippen molar-refractivity contribution < 1.29 is 9.59 Å². The van der Waals surface area contributed by atoms with Crippen LogP contribution in [0.2, 0.25) is 0 Å². The van der Waals surface area contributed by atoms with Crippen LogP contribution in [0.4, 0.5) is 0 Å². The first-order valence-corrected chi connectivity index (χ1v) is 7.80. The molecule has 1 atom stereocenters. The predicted octanol–water partition coefficient (Wildman–Crippen LogP) is 2.17. The highest BCUT2D eigenvalue weighted by atomic mass is 16.2. The molecular weight excluding hydrogens is 264 g/mol. The van der Waals surface area contributed by atoms with Gasteiger partial charge in [-0.15, -0.1) is 0 Å². The molecule has 0 radical (unpaired) electrons. The predicted molar refractivity (Wildman–Crippen MR) is 82.5 cm³/mol. The molecule has 0 aliphatic heterocycles. The zero-order valence-electron chi connectivity index (χ0n) is 12.4. The molecule has 1 aliphatic rings. The van der Waals surface area contributed by atoms with Crippen LogP contribution in [0.1, 0.15) is 44.1 Å². The van der Waals surface area contributed by atoms with Crippen molar-refractivity contribution in [2.45, 2.75) is 51.0 Å². The highest BCUT2D eigenvalue weighted by molar-refractivity contribution is 5.87. The summed E-state index contributed by atoms with van der Waals surface area (Å²) in [6.07, 6.45) is 6.55. The van der Waals surface area contributed by atoms with E-state index < -0.39 is 11.9 Å². The molecule has 1 aromatic rings. The van der Waals surface area contributed by atoms with E-state index >= 15 is 0 Å². The minimum atomic E-state index is -0.570. The number of hydrogen-bond donors (Lipinski definition) is 2. The Kier molecular flexibility index (Phi) is 5.78. The van der Waals surface area contributed by atoms with Gasteiger partial charge >= 0.3 is 0 Å². The van der Waals surface area contributed by atoms with Crippen molar-refractivity contribution in [3.05, 3.63) is 35.9 Å². The molecule has 0 bridgehead atoms. The number of aryl methyl sites for hydroxylation is 1. The molecule has 2 rings (SSSR count). The van der Waals surface area contributed by atoms with Crippen LogP contribution in [-0.4, -0.2) is 17.9 Å². The van der Waals surface area contributed by atoms with Gasteiger partial charge in [-0.25, -0.2) is 0 Å². The van der Waals surface area contributed by atoms with Crippen molar-refractivity contribution in [2.24, 2.45) is 11.7 Å². The van der Waals surface area contributed by atoms with Gasteiger partial charge in [-0.2, -0.15) is 0 Å². The van der Waals surface area contributed by atoms with Crippen LogP contribution in [0.5, 0.6) is 0 Å². The van der Waals surface area contributed by atoms with Crippen molar-refractivity contribution >= 4 is 11.8 Å². The molecule has 0 aromatic heterocycles. The third-order valence-corrected chi connectivity index (χ3v) is 4.20. The first-order chi connectivity index (χ1) is 10.2. The fraction of sp³-hybridized carbons (Fsp3) is 0.529. The zero-order chi connectivity index (χ0) is 15.1. The summed E-state index contributed by atoms with van der Waals surface area (Å²) < 4.78 is 0. The Morgan fingerprint density at radius 1 is 1.14 bits per heavy atom. The summed E-state index contributed by atoms with van der Waals surface area (Å²) in [7, 11) is 0. The summed E-state index contributed by atoms with van der Waals surface area (Å²) in [6, 6.07) is 9.35. The molecule has 3 N–H and O–H groups in total. The van der Waals surface area contributed by atoms with Gasteiger partial charge in [0.05, 0.1) is 0 Å². The van der Waals surface area contributed by atoms with Gasteiger partial charge in [0.25, 0.3) is 0 Å². The molecule has 2 amide bonds. The number of hydrogen-bond acceptors (Lipinski definition) is 2. The fourth-order valence-electron chi connectivity index (χ4n) is 2.90. The molecule has 0 unspecified atom stereocenters. The van der Waals surface area contributed by atoms with Gasteiger partial charge < -0.3 is 11.1 Å². The Morgan fingerprint density at radius 3 is 2.43 bits per heavy atom. The number of nitrogens with one attached hydrogen (secondary N) is 1. The van der Waals surface area contributed by atoms with Crippen molar-refractivity contribution in [3.63, 3.8) is 0 Å². The average molecular weight is 288 g/mol. The van der Waals surface area contributed by atoms with E-state index in [1.807, 2.05) is 30.3 Å². The second kappa shape index (κ2) is 7.81. The van der Waals surface area contributed by atoms with Gasteiger partial charge in [0, 0.05) is 5.92 Å². The minimum Gasteiger partial charge on any atom is -0.368 e. The number of rotatable bonds is 6. The molecule has 1 aliphatic carbocycles. The Hall–Kier alpha value is -1.84. The molecule has 0 spiro atoms. The van der Waals surface area contributed by atoms with Crippen molar-refractivity contribution in [2.75, 3.05) is 0 Å². The van der Waals surface area contributed by atoms with E-state index in [0.717, 1.165) is 37.7 Å². The molecular formula is C17H24N2O2. The van der Waals surface area contributed by atoms with Crippen molar-refractivity contribution in [1.29, 1.82) is 0 Å². The monoisotopic (exact) mass is 288 g/mol. The fourth-order valence-corrected chi connectivity index (χ4v) is 2.90. The summed E-state index contributed by atoms with van der Waals surface area (Å²) in [5.41, 5.74) is 6.57. The molecule has 1 fully saturated rings. The van der Waals surface area contributed by atoms with Gasteiger partial charge in [0.15, 0.2) is 0 Å². The van der Waals surface area contributed by atoms with Crippen LogP contribution in [0.3, 0.4) is 0 Å². The quantitative estimate of drug-likeness (QED) is 0.842. The van der Waals surface area contributed by atoms with E-state index in [1.54, 1.807) is 0 Å². The van der Waals surface area contributed by atoms with Gasteiger partial charge in [-0.05, 0) is 31.2 Å². The smallest absolute Gasteiger partial charge is 0.240 e. The topological polar surface area (TPSA) is 72.2 Å². The average Bonchev–Trinajstić information content (AvgIpc) is 2.52.